The molecule has 1 atom stereocenters. The van der Waals surface area contributed by atoms with Gasteiger partial charge in [0.05, 0.1) is 5.69 Å². The summed E-state index contributed by atoms with van der Waals surface area (Å²) in [4.78, 5) is 0. The topological polar surface area (TPSA) is 49.8 Å². The third kappa shape index (κ3) is 3.20. The van der Waals surface area contributed by atoms with E-state index in [1.165, 1.54) is 19.3 Å². The highest BCUT2D eigenvalue weighted by Gasteiger charge is 2.13. The Morgan fingerprint density at radius 2 is 2.25 bits per heavy atom. The predicted octanol–water partition coefficient (Wildman–Crippen LogP) is 2.34. The highest BCUT2D eigenvalue weighted by molar-refractivity contribution is 6.33. The lowest BCUT2D eigenvalue weighted by Crippen LogP contribution is -2.39. The SMILES string of the molecule is Clc1cc(NCC2CCCCN2)c(Cl)nn1. The van der Waals surface area contributed by atoms with Gasteiger partial charge in [0.2, 0.25) is 0 Å². The van der Waals surface area contributed by atoms with Crippen molar-refractivity contribution in [3.05, 3.63) is 16.4 Å². The van der Waals surface area contributed by atoms with Crippen molar-refractivity contribution >= 4 is 28.9 Å². The average molecular weight is 261 g/mol. The summed E-state index contributed by atoms with van der Waals surface area (Å²) in [5.74, 6) is 0. The van der Waals surface area contributed by atoms with Gasteiger partial charge in [-0.25, -0.2) is 0 Å². The van der Waals surface area contributed by atoms with Crippen LogP contribution < -0.4 is 10.6 Å². The van der Waals surface area contributed by atoms with Gasteiger partial charge in [-0.15, -0.1) is 10.2 Å². The molecule has 0 spiro atoms. The molecule has 2 N–H and O–H groups in total. The maximum atomic E-state index is 5.90. The van der Waals surface area contributed by atoms with Crippen molar-refractivity contribution in [1.29, 1.82) is 0 Å². The number of anilines is 1. The number of hydrogen-bond acceptors (Lipinski definition) is 4. The van der Waals surface area contributed by atoms with E-state index in [0.29, 0.717) is 16.3 Å². The summed E-state index contributed by atoms with van der Waals surface area (Å²) >= 11 is 11.6. The smallest absolute Gasteiger partial charge is 0.174 e. The van der Waals surface area contributed by atoms with Gasteiger partial charge in [-0.2, -0.15) is 0 Å². The second-order valence-electron chi connectivity index (χ2n) is 3.90. The molecular formula is C10H14Cl2N4. The molecule has 0 bridgehead atoms. The molecule has 1 fully saturated rings. The molecule has 0 amide bonds. The molecule has 4 nitrogen and oxygen atoms in total. The first-order valence-corrected chi connectivity index (χ1v) is 6.17. The van der Waals surface area contributed by atoms with Crippen LogP contribution in [-0.2, 0) is 0 Å². The zero-order valence-electron chi connectivity index (χ0n) is 8.84. The Bertz CT molecular complexity index is 353. The quantitative estimate of drug-likeness (QED) is 0.876. The molecule has 1 aromatic rings. The van der Waals surface area contributed by atoms with Crippen LogP contribution in [0.5, 0.6) is 0 Å². The zero-order valence-corrected chi connectivity index (χ0v) is 10.4. The van der Waals surface area contributed by atoms with Gasteiger partial charge in [-0.1, -0.05) is 29.6 Å². The number of piperidine rings is 1. The number of nitrogens with one attached hydrogen (secondary N) is 2. The molecule has 1 aliphatic rings. The number of rotatable bonds is 3. The number of nitrogens with zero attached hydrogens (tertiary/aromatic N) is 2. The van der Waals surface area contributed by atoms with Crippen molar-refractivity contribution in [3.8, 4) is 0 Å². The van der Waals surface area contributed by atoms with Crippen molar-refractivity contribution in [3.63, 3.8) is 0 Å². The Labute approximate surface area is 105 Å². The Balaban J connectivity index is 1.90. The largest absolute Gasteiger partial charge is 0.381 e. The van der Waals surface area contributed by atoms with E-state index in [9.17, 15) is 0 Å². The predicted molar refractivity (Wildman–Crippen MR) is 66.2 cm³/mol. The monoisotopic (exact) mass is 260 g/mol. The van der Waals surface area contributed by atoms with Crippen molar-refractivity contribution in [2.75, 3.05) is 18.4 Å². The molecule has 0 radical (unpaired) electrons. The first-order valence-electron chi connectivity index (χ1n) is 5.41. The lowest BCUT2D eigenvalue weighted by molar-refractivity contribution is 0.414. The van der Waals surface area contributed by atoms with E-state index in [2.05, 4.69) is 20.8 Å². The lowest BCUT2D eigenvalue weighted by atomic mass is 10.1. The summed E-state index contributed by atoms with van der Waals surface area (Å²) in [6, 6.07) is 2.19. The molecule has 0 aliphatic carbocycles. The van der Waals surface area contributed by atoms with Crippen molar-refractivity contribution in [2.24, 2.45) is 0 Å². The third-order valence-corrected chi connectivity index (χ3v) is 3.13. The van der Waals surface area contributed by atoms with E-state index in [4.69, 9.17) is 23.2 Å². The maximum absolute atomic E-state index is 5.90. The first-order chi connectivity index (χ1) is 7.75. The Kier molecular flexibility index (Phi) is 4.21. The number of aromatic nitrogens is 2. The third-order valence-electron chi connectivity index (χ3n) is 2.67. The summed E-state index contributed by atoms with van der Waals surface area (Å²) in [6.07, 6.45) is 3.74. The van der Waals surface area contributed by atoms with Crippen molar-refractivity contribution in [1.82, 2.24) is 15.5 Å². The first kappa shape index (κ1) is 11.9. The van der Waals surface area contributed by atoms with E-state index in [1.807, 2.05) is 0 Å². The molecule has 88 valence electrons. The van der Waals surface area contributed by atoms with Crippen LogP contribution in [0.15, 0.2) is 6.07 Å². The summed E-state index contributed by atoms with van der Waals surface area (Å²) in [6.45, 7) is 1.93. The lowest BCUT2D eigenvalue weighted by Gasteiger charge is -2.24. The summed E-state index contributed by atoms with van der Waals surface area (Å²) in [7, 11) is 0. The van der Waals surface area contributed by atoms with Gasteiger partial charge in [0.25, 0.3) is 0 Å². The molecule has 0 saturated carbocycles. The van der Waals surface area contributed by atoms with Gasteiger partial charge >= 0.3 is 0 Å². The van der Waals surface area contributed by atoms with Crippen LogP contribution in [0, 0.1) is 0 Å². The number of hydrogen-bond donors (Lipinski definition) is 2. The molecular weight excluding hydrogens is 247 g/mol. The van der Waals surface area contributed by atoms with Crippen molar-refractivity contribution < 1.29 is 0 Å². The zero-order chi connectivity index (χ0) is 11.4. The molecule has 2 heterocycles. The fourth-order valence-electron chi connectivity index (χ4n) is 1.81. The van der Waals surface area contributed by atoms with Crippen LogP contribution in [0.4, 0.5) is 5.69 Å². The average Bonchev–Trinajstić information content (AvgIpc) is 2.32. The molecule has 6 heteroatoms. The van der Waals surface area contributed by atoms with E-state index in [0.717, 1.165) is 18.8 Å². The van der Waals surface area contributed by atoms with E-state index in [-0.39, 0.29) is 0 Å². The van der Waals surface area contributed by atoms with Crippen LogP contribution in [0.3, 0.4) is 0 Å². The van der Waals surface area contributed by atoms with E-state index < -0.39 is 0 Å². The Morgan fingerprint density at radius 3 is 3.00 bits per heavy atom. The van der Waals surface area contributed by atoms with Gasteiger partial charge in [-0.05, 0) is 19.4 Å². The summed E-state index contributed by atoms with van der Waals surface area (Å²) < 4.78 is 0. The van der Waals surface area contributed by atoms with Gasteiger partial charge < -0.3 is 10.6 Å². The van der Waals surface area contributed by atoms with Crippen LogP contribution in [0.2, 0.25) is 10.3 Å². The van der Waals surface area contributed by atoms with Crippen LogP contribution >= 0.6 is 23.2 Å². The maximum Gasteiger partial charge on any atom is 0.174 e. The fraction of sp³-hybridized carbons (Fsp3) is 0.600. The van der Waals surface area contributed by atoms with Gasteiger partial charge in [0.1, 0.15) is 0 Å². The van der Waals surface area contributed by atoms with Gasteiger partial charge in [-0.3, -0.25) is 0 Å². The fourth-order valence-corrected chi connectivity index (χ4v) is 2.11. The minimum atomic E-state index is 0.350. The van der Waals surface area contributed by atoms with Crippen molar-refractivity contribution in [2.45, 2.75) is 25.3 Å². The molecule has 2 rings (SSSR count). The molecule has 1 aromatic heterocycles. The highest BCUT2D eigenvalue weighted by Crippen LogP contribution is 2.21. The van der Waals surface area contributed by atoms with Gasteiger partial charge in [0.15, 0.2) is 10.3 Å². The molecule has 1 aliphatic heterocycles. The minimum absolute atomic E-state index is 0.350. The normalized spacial score (nSPS) is 20.8. The molecule has 1 saturated heterocycles. The second-order valence-corrected chi connectivity index (χ2v) is 4.64. The van der Waals surface area contributed by atoms with E-state index >= 15 is 0 Å². The van der Waals surface area contributed by atoms with Crippen LogP contribution in [0.1, 0.15) is 19.3 Å². The van der Waals surface area contributed by atoms with Crippen LogP contribution in [-0.4, -0.2) is 29.3 Å². The molecule has 0 aromatic carbocycles. The van der Waals surface area contributed by atoms with Crippen LogP contribution in [0.25, 0.3) is 0 Å². The summed E-state index contributed by atoms with van der Waals surface area (Å²) in [5.41, 5.74) is 0.744. The minimum Gasteiger partial charge on any atom is -0.381 e. The Hall–Kier alpha value is -0.580. The van der Waals surface area contributed by atoms with Gasteiger partial charge in [0, 0.05) is 18.7 Å². The highest BCUT2D eigenvalue weighted by atomic mass is 35.5. The van der Waals surface area contributed by atoms with E-state index in [1.54, 1.807) is 6.07 Å². The second kappa shape index (κ2) is 5.66. The number of halogens is 2. The Morgan fingerprint density at radius 1 is 1.38 bits per heavy atom. The summed E-state index contributed by atoms with van der Waals surface area (Å²) in [5, 5.41) is 14.8. The molecule has 16 heavy (non-hydrogen) atoms. The standard InChI is InChI=1S/C10H14Cl2N4/c11-9-5-8(10(12)16-15-9)14-6-7-3-1-2-4-13-7/h5,7,13H,1-4,6H2,(H,14,15). The molecule has 1 unspecified atom stereocenters.